The summed E-state index contributed by atoms with van der Waals surface area (Å²) in [5.41, 5.74) is 0. The monoisotopic (exact) mass is 362 g/mol. The highest BCUT2D eigenvalue weighted by Crippen LogP contribution is 2.47. The predicted molar refractivity (Wildman–Crippen MR) is 110 cm³/mol. The molecule has 0 aliphatic carbocycles. The first kappa shape index (κ1) is 20.5. The molecular weight excluding hydrogens is 324 g/mol. The summed E-state index contributed by atoms with van der Waals surface area (Å²) < 4.78 is 12.4. The fraction of sp³-hybridized carbons (Fsp3) is 0.727. The van der Waals surface area contributed by atoms with Crippen molar-refractivity contribution in [1.82, 2.24) is 0 Å². The number of unbranched alkanes of at least 4 members (excludes halogenated alkanes) is 7. The minimum atomic E-state index is -1.43. The van der Waals surface area contributed by atoms with E-state index in [1.54, 1.807) is 0 Å². The molecule has 0 bridgehead atoms. The van der Waals surface area contributed by atoms with Gasteiger partial charge in [-0.15, -0.1) is 0 Å². The van der Waals surface area contributed by atoms with Crippen LogP contribution in [-0.4, -0.2) is 26.0 Å². The molecule has 0 saturated carbocycles. The van der Waals surface area contributed by atoms with E-state index < -0.39 is 8.07 Å². The van der Waals surface area contributed by atoms with E-state index >= 15 is 0 Å². The second kappa shape index (κ2) is 9.77. The van der Waals surface area contributed by atoms with Gasteiger partial charge in [0.2, 0.25) is 0 Å². The van der Waals surface area contributed by atoms with Crippen LogP contribution in [0.2, 0.25) is 19.6 Å². The van der Waals surface area contributed by atoms with Crippen molar-refractivity contribution in [2.45, 2.75) is 95.7 Å². The molecule has 0 unspecified atom stereocenters. The molecule has 0 radical (unpaired) electrons. The third kappa shape index (κ3) is 6.14. The minimum Gasteiger partial charge on any atom is -0.491 e. The summed E-state index contributed by atoms with van der Waals surface area (Å²) in [5.74, 6) is 0.960. The van der Waals surface area contributed by atoms with Crippen LogP contribution in [0.25, 0.3) is 0 Å². The van der Waals surface area contributed by atoms with Crippen molar-refractivity contribution >= 4 is 8.07 Å². The van der Waals surface area contributed by atoms with E-state index in [9.17, 15) is 0 Å². The van der Waals surface area contributed by atoms with E-state index in [1.807, 2.05) is 30.3 Å². The van der Waals surface area contributed by atoms with E-state index in [-0.39, 0.29) is 5.22 Å². The second-order valence-corrected chi connectivity index (χ2v) is 14.0. The van der Waals surface area contributed by atoms with Crippen LogP contribution < -0.4 is 4.74 Å². The number of hydrogen-bond donors (Lipinski definition) is 0. The molecule has 1 aliphatic rings. The van der Waals surface area contributed by atoms with Crippen LogP contribution >= 0.6 is 0 Å². The predicted octanol–water partition coefficient (Wildman–Crippen LogP) is 6.61. The smallest absolute Gasteiger partial charge is 0.119 e. The molecule has 1 aromatic rings. The number of ether oxygens (including phenoxy) is 2. The third-order valence-corrected chi connectivity index (χ3v) is 8.72. The minimum absolute atomic E-state index is 0.0178. The van der Waals surface area contributed by atoms with Crippen LogP contribution in [0.4, 0.5) is 0 Å². The Kier molecular flexibility index (Phi) is 8.02. The molecule has 0 N–H and O–H groups in total. The normalized spacial score (nSPS) is 22.8. The molecule has 0 spiro atoms. The lowest BCUT2D eigenvalue weighted by Gasteiger charge is -2.26. The van der Waals surface area contributed by atoms with Crippen molar-refractivity contribution in [3.8, 4) is 5.75 Å². The van der Waals surface area contributed by atoms with Gasteiger partial charge in [-0.05, 0) is 18.6 Å². The molecule has 1 saturated heterocycles. The van der Waals surface area contributed by atoms with Gasteiger partial charge in [-0.25, -0.2) is 0 Å². The van der Waals surface area contributed by atoms with Gasteiger partial charge in [0.1, 0.15) is 17.6 Å². The zero-order valence-electron chi connectivity index (χ0n) is 16.9. The molecule has 1 heterocycles. The van der Waals surface area contributed by atoms with Crippen LogP contribution in [0, 0.1) is 0 Å². The Morgan fingerprint density at radius 1 is 0.920 bits per heavy atom. The maximum Gasteiger partial charge on any atom is 0.119 e. The first-order chi connectivity index (χ1) is 12.0. The molecule has 2 nitrogen and oxygen atoms in total. The van der Waals surface area contributed by atoms with Gasteiger partial charge < -0.3 is 9.47 Å². The van der Waals surface area contributed by atoms with Crippen molar-refractivity contribution in [3.63, 3.8) is 0 Å². The van der Waals surface area contributed by atoms with Crippen molar-refractivity contribution in [3.05, 3.63) is 30.3 Å². The SMILES string of the molecule is CCCCCCCCCC[C@@H]1O[C@@]1(COc1ccccc1)[Si](C)(C)C. The lowest BCUT2D eigenvalue weighted by molar-refractivity contribution is 0.231. The van der Waals surface area contributed by atoms with E-state index in [0.29, 0.717) is 12.7 Å². The Balaban J connectivity index is 1.69. The quantitative estimate of drug-likeness (QED) is 0.224. The number of benzene rings is 1. The first-order valence-corrected chi connectivity index (χ1v) is 13.9. The van der Waals surface area contributed by atoms with Crippen molar-refractivity contribution in [2.24, 2.45) is 0 Å². The zero-order chi connectivity index (χ0) is 18.2. The van der Waals surface area contributed by atoms with Crippen LogP contribution in [0.15, 0.2) is 30.3 Å². The van der Waals surface area contributed by atoms with Gasteiger partial charge in [-0.1, -0.05) is 96.1 Å². The lowest BCUT2D eigenvalue weighted by atomic mass is 10.1. The zero-order valence-corrected chi connectivity index (χ0v) is 17.9. The van der Waals surface area contributed by atoms with Crippen molar-refractivity contribution in [1.29, 1.82) is 0 Å². The Hall–Kier alpha value is -0.803. The van der Waals surface area contributed by atoms with Crippen LogP contribution in [0.1, 0.15) is 64.7 Å². The van der Waals surface area contributed by atoms with Gasteiger partial charge >= 0.3 is 0 Å². The van der Waals surface area contributed by atoms with Crippen molar-refractivity contribution < 1.29 is 9.47 Å². The van der Waals surface area contributed by atoms with Crippen LogP contribution in [-0.2, 0) is 4.74 Å². The standard InChI is InChI=1S/C22H38O2Si/c1-5-6-7-8-9-10-11-15-18-21-22(24-21,25(2,3)4)19-23-20-16-13-12-14-17-20/h12-14,16-17,21H,5-11,15,18-19H2,1-4H3/t21-,22-/m0/s1. The fourth-order valence-electron chi connectivity index (χ4n) is 3.69. The summed E-state index contributed by atoms with van der Waals surface area (Å²) in [6.45, 7) is 10.2. The molecule has 142 valence electrons. The first-order valence-electron chi connectivity index (χ1n) is 10.4. The van der Waals surface area contributed by atoms with E-state index in [1.165, 1.54) is 57.8 Å². The molecule has 1 fully saturated rings. The average Bonchev–Trinajstić information content (AvgIpc) is 3.31. The highest BCUT2D eigenvalue weighted by molar-refractivity contribution is 6.80. The fourth-order valence-corrected chi connectivity index (χ4v) is 5.80. The molecule has 25 heavy (non-hydrogen) atoms. The van der Waals surface area contributed by atoms with Crippen LogP contribution in [0.3, 0.4) is 0 Å². The number of epoxide rings is 1. The Morgan fingerprint density at radius 2 is 1.52 bits per heavy atom. The van der Waals surface area contributed by atoms with E-state index in [4.69, 9.17) is 9.47 Å². The highest BCUT2D eigenvalue weighted by Gasteiger charge is 2.64. The number of hydrogen-bond acceptors (Lipinski definition) is 2. The van der Waals surface area contributed by atoms with Crippen molar-refractivity contribution in [2.75, 3.05) is 6.61 Å². The molecule has 3 heteroatoms. The Labute approximate surface area is 156 Å². The molecule has 0 amide bonds. The van der Waals surface area contributed by atoms with Gasteiger partial charge in [0.05, 0.1) is 14.2 Å². The summed E-state index contributed by atoms with van der Waals surface area (Å²) in [6, 6.07) is 10.2. The maximum absolute atomic E-state index is 6.29. The molecule has 1 aliphatic heterocycles. The average molecular weight is 363 g/mol. The topological polar surface area (TPSA) is 21.8 Å². The van der Waals surface area contributed by atoms with Gasteiger partial charge in [-0.2, -0.15) is 0 Å². The second-order valence-electron chi connectivity index (χ2n) is 8.61. The lowest BCUT2D eigenvalue weighted by Crippen LogP contribution is -2.48. The largest absolute Gasteiger partial charge is 0.491 e. The van der Waals surface area contributed by atoms with E-state index in [2.05, 4.69) is 26.6 Å². The van der Waals surface area contributed by atoms with Gasteiger partial charge in [0.15, 0.2) is 0 Å². The molecule has 0 aromatic heterocycles. The van der Waals surface area contributed by atoms with E-state index in [0.717, 1.165) is 5.75 Å². The van der Waals surface area contributed by atoms with Gasteiger partial charge in [0, 0.05) is 0 Å². The summed E-state index contributed by atoms with van der Waals surface area (Å²) in [6.07, 6.45) is 12.6. The maximum atomic E-state index is 6.29. The summed E-state index contributed by atoms with van der Waals surface area (Å²) >= 11 is 0. The molecule has 1 aromatic carbocycles. The number of para-hydroxylation sites is 1. The molecular formula is C22H38O2Si. The summed E-state index contributed by atoms with van der Waals surface area (Å²) in [4.78, 5) is 0. The summed E-state index contributed by atoms with van der Waals surface area (Å²) in [5, 5.41) is 0.0178. The van der Waals surface area contributed by atoms with Gasteiger partial charge in [0.25, 0.3) is 0 Å². The molecule has 2 rings (SSSR count). The Morgan fingerprint density at radius 3 is 2.12 bits per heavy atom. The van der Waals surface area contributed by atoms with Crippen LogP contribution in [0.5, 0.6) is 5.75 Å². The summed E-state index contributed by atoms with van der Waals surface area (Å²) in [7, 11) is -1.43. The highest BCUT2D eigenvalue weighted by atomic mass is 28.3. The number of rotatable bonds is 13. The third-order valence-electron chi connectivity index (χ3n) is 5.60. The Bertz CT molecular complexity index is 483. The molecule has 2 atom stereocenters. The van der Waals surface area contributed by atoms with Gasteiger partial charge in [-0.3, -0.25) is 0 Å².